The summed E-state index contributed by atoms with van der Waals surface area (Å²) >= 11 is 0. The molecular formula is C12H9N3O2. The summed E-state index contributed by atoms with van der Waals surface area (Å²) in [4.78, 5) is 7.26. The van der Waals surface area contributed by atoms with Crippen LogP contribution < -0.4 is 0 Å². The Morgan fingerprint density at radius 2 is 1.94 bits per heavy atom. The van der Waals surface area contributed by atoms with Crippen molar-refractivity contribution in [3.8, 4) is 28.7 Å². The molecule has 0 fully saturated rings. The molecule has 0 spiro atoms. The van der Waals surface area contributed by atoms with E-state index in [-0.39, 0.29) is 5.75 Å². The second kappa shape index (κ2) is 3.79. The maximum absolute atomic E-state index is 9.19. The number of aromatic nitrogens is 3. The van der Waals surface area contributed by atoms with Crippen LogP contribution in [-0.4, -0.2) is 20.2 Å². The number of hydrogen-bond donors (Lipinski definition) is 2. The minimum atomic E-state index is 0.206. The summed E-state index contributed by atoms with van der Waals surface area (Å²) in [5, 5.41) is 13.1. The van der Waals surface area contributed by atoms with Gasteiger partial charge < -0.3 is 14.6 Å². The van der Waals surface area contributed by atoms with Crippen molar-refractivity contribution in [2.75, 3.05) is 0 Å². The van der Waals surface area contributed by atoms with Crippen LogP contribution in [0.5, 0.6) is 5.75 Å². The van der Waals surface area contributed by atoms with Crippen molar-refractivity contribution < 1.29 is 9.63 Å². The highest BCUT2D eigenvalue weighted by Crippen LogP contribution is 2.22. The van der Waals surface area contributed by atoms with Crippen LogP contribution in [0.15, 0.2) is 47.1 Å². The smallest absolute Gasteiger partial charge is 0.258 e. The zero-order valence-electron chi connectivity index (χ0n) is 8.79. The van der Waals surface area contributed by atoms with Gasteiger partial charge >= 0.3 is 0 Å². The number of benzene rings is 1. The van der Waals surface area contributed by atoms with E-state index in [1.165, 1.54) is 0 Å². The Morgan fingerprint density at radius 1 is 1.12 bits per heavy atom. The van der Waals surface area contributed by atoms with E-state index < -0.39 is 0 Å². The third kappa shape index (κ3) is 1.78. The molecule has 3 aromatic rings. The molecule has 84 valence electrons. The minimum absolute atomic E-state index is 0.206. The highest BCUT2D eigenvalue weighted by Gasteiger charge is 2.10. The van der Waals surface area contributed by atoms with Gasteiger partial charge in [0.25, 0.3) is 5.89 Å². The lowest BCUT2D eigenvalue weighted by Crippen LogP contribution is -1.80. The van der Waals surface area contributed by atoms with Crippen molar-refractivity contribution in [3.63, 3.8) is 0 Å². The molecule has 3 rings (SSSR count). The largest absolute Gasteiger partial charge is 0.508 e. The molecule has 0 atom stereocenters. The van der Waals surface area contributed by atoms with Gasteiger partial charge in [0.1, 0.15) is 5.75 Å². The Kier molecular flexibility index (Phi) is 2.15. The van der Waals surface area contributed by atoms with Gasteiger partial charge in [-0.3, -0.25) is 0 Å². The molecule has 1 aromatic carbocycles. The number of rotatable bonds is 2. The number of nitrogens with zero attached hydrogens (tertiary/aromatic N) is 2. The fraction of sp³-hybridized carbons (Fsp3) is 0. The number of phenolic OH excluding ortho intramolecular Hbond substituents is 1. The summed E-state index contributed by atoms with van der Waals surface area (Å²) in [5.74, 6) is 1.14. The lowest BCUT2D eigenvalue weighted by Gasteiger charge is -1.93. The van der Waals surface area contributed by atoms with Gasteiger partial charge in [0, 0.05) is 11.8 Å². The zero-order chi connectivity index (χ0) is 11.7. The van der Waals surface area contributed by atoms with Crippen LogP contribution in [0.2, 0.25) is 0 Å². The first-order chi connectivity index (χ1) is 8.33. The molecule has 0 amide bonds. The SMILES string of the molecule is Oc1ccc(-c2nc(-c3ccc[nH]3)no2)cc1. The summed E-state index contributed by atoms with van der Waals surface area (Å²) < 4.78 is 5.15. The van der Waals surface area contributed by atoms with Gasteiger partial charge in [0.2, 0.25) is 5.82 Å². The summed E-state index contributed by atoms with van der Waals surface area (Å²) in [6.45, 7) is 0. The van der Waals surface area contributed by atoms with Crippen LogP contribution in [0.3, 0.4) is 0 Å². The van der Waals surface area contributed by atoms with Crippen LogP contribution in [-0.2, 0) is 0 Å². The standard InChI is InChI=1S/C12H9N3O2/c16-9-5-3-8(4-6-9)12-14-11(15-17-12)10-2-1-7-13-10/h1-7,13,16H. The molecule has 0 radical (unpaired) electrons. The van der Waals surface area contributed by atoms with E-state index in [9.17, 15) is 5.11 Å². The average Bonchev–Trinajstić information content (AvgIpc) is 3.00. The summed E-state index contributed by atoms with van der Waals surface area (Å²) in [6, 6.07) is 10.3. The second-order valence-electron chi connectivity index (χ2n) is 3.55. The minimum Gasteiger partial charge on any atom is -0.508 e. The molecule has 0 saturated heterocycles. The first-order valence-electron chi connectivity index (χ1n) is 5.10. The monoisotopic (exact) mass is 227 g/mol. The van der Waals surface area contributed by atoms with E-state index in [0.29, 0.717) is 11.7 Å². The van der Waals surface area contributed by atoms with Gasteiger partial charge in [0.05, 0.1) is 5.69 Å². The van der Waals surface area contributed by atoms with Crippen molar-refractivity contribution >= 4 is 0 Å². The number of aromatic hydroxyl groups is 1. The molecule has 2 aromatic heterocycles. The molecule has 0 unspecified atom stereocenters. The Morgan fingerprint density at radius 3 is 2.65 bits per heavy atom. The molecule has 5 nitrogen and oxygen atoms in total. The van der Waals surface area contributed by atoms with E-state index in [4.69, 9.17) is 4.52 Å². The quantitative estimate of drug-likeness (QED) is 0.705. The van der Waals surface area contributed by atoms with Crippen molar-refractivity contribution in [3.05, 3.63) is 42.6 Å². The molecule has 2 heterocycles. The Balaban J connectivity index is 1.98. The fourth-order valence-corrected chi connectivity index (χ4v) is 1.52. The topological polar surface area (TPSA) is 74.9 Å². The normalized spacial score (nSPS) is 10.6. The Labute approximate surface area is 96.7 Å². The summed E-state index contributed by atoms with van der Waals surface area (Å²) in [6.07, 6.45) is 1.80. The van der Waals surface area contributed by atoms with Crippen LogP contribution in [0, 0.1) is 0 Å². The summed E-state index contributed by atoms with van der Waals surface area (Å²) in [7, 11) is 0. The van der Waals surface area contributed by atoms with E-state index in [1.54, 1.807) is 30.5 Å². The molecule has 0 saturated carbocycles. The zero-order valence-corrected chi connectivity index (χ0v) is 8.79. The van der Waals surface area contributed by atoms with E-state index in [0.717, 1.165) is 11.3 Å². The molecule has 0 bridgehead atoms. The first-order valence-corrected chi connectivity index (χ1v) is 5.10. The van der Waals surface area contributed by atoms with Gasteiger partial charge in [-0.15, -0.1) is 0 Å². The van der Waals surface area contributed by atoms with Crippen molar-refractivity contribution in [1.29, 1.82) is 0 Å². The molecule has 0 aliphatic rings. The second-order valence-corrected chi connectivity index (χ2v) is 3.55. The van der Waals surface area contributed by atoms with Crippen LogP contribution in [0.1, 0.15) is 0 Å². The number of nitrogens with one attached hydrogen (secondary N) is 1. The van der Waals surface area contributed by atoms with Crippen LogP contribution in [0.4, 0.5) is 0 Å². The van der Waals surface area contributed by atoms with E-state index in [1.807, 2.05) is 12.1 Å². The van der Waals surface area contributed by atoms with Gasteiger partial charge in [-0.05, 0) is 36.4 Å². The maximum atomic E-state index is 9.19. The summed E-state index contributed by atoms with van der Waals surface area (Å²) in [5.41, 5.74) is 1.58. The van der Waals surface area contributed by atoms with Crippen molar-refractivity contribution in [1.82, 2.24) is 15.1 Å². The molecule has 0 aliphatic heterocycles. The molecule has 0 aliphatic carbocycles. The van der Waals surface area contributed by atoms with Gasteiger partial charge in [-0.25, -0.2) is 0 Å². The number of aromatic amines is 1. The lowest BCUT2D eigenvalue weighted by molar-refractivity contribution is 0.432. The fourth-order valence-electron chi connectivity index (χ4n) is 1.52. The molecule has 5 heteroatoms. The number of H-pyrrole nitrogens is 1. The van der Waals surface area contributed by atoms with Gasteiger partial charge in [-0.2, -0.15) is 4.98 Å². The average molecular weight is 227 g/mol. The molecular weight excluding hydrogens is 218 g/mol. The predicted octanol–water partition coefficient (Wildman–Crippen LogP) is 2.44. The van der Waals surface area contributed by atoms with Crippen LogP contribution >= 0.6 is 0 Å². The third-order valence-electron chi connectivity index (χ3n) is 2.38. The molecule has 17 heavy (non-hydrogen) atoms. The van der Waals surface area contributed by atoms with Gasteiger partial charge in [-0.1, -0.05) is 5.16 Å². The lowest BCUT2D eigenvalue weighted by atomic mass is 10.2. The van der Waals surface area contributed by atoms with E-state index >= 15 is 0 Å². The van der Waals surface area contributed by atoms with Crippen LogP contribution in [0.25, 0.3) is 23.0 Å². The molecule has 2 N–H and O–H groups in total. The van der Waals surface area contributed by atoms with Gasteiger partial charge in [0.15, 0.2) is 0 Å². The first kappa shape index (κ1) is 9.65. The third-order valence-corrected chi connectivity index (χ3v) is 2.38. The number of phenols is 1. The maximum Gasteiger partial charge on any atom is 0.258 e. The highest BCUT2D eigenvalue weighted by molar-refractivity contribution is 5.58. The highest BCUT2D eigenvalue weighted by atomic mass is 16.5. The Hall–Kier alpha value is -2.56. The van der Waals surface area contributed by atoms with Crippen molar-refractivity contribution in [2.24, 2.45) is 0 Å². The predicted molar refractivity (Wildman–Crippen MR) is 61.2 cm³/mol. The van der Waals surface area contributed by atoms with Crippen molar-refractivity contribution in [2.45, 2.75) is 0 Å². The Bertz CT molecular complexity index is 612. The van der Waals surface area contributed by atoms with E-state index in [2.05, 4.69) is 15.1 Å². The number of hydrogen-bond acceptors (Lipinski definition) is 4.